The Morgan fingerprint density at radius 2 is 0.526 bits per heavy atom. The molecule has 0 amide bonds. The Bertz CT molecular complexity index is 5650. The van der Waals surface area contributed by atoms with E-state index in [9.17, 15) is 0 Å². The van der Waals surface area contributed by atoms with Crippen LogP contribution in [0, 0.1) is 0 Å². The highest BCUT2D eigenvalue weighted by molar-refractivity contribution is 7.27. The molecule has 4 aromatic heterocycles. The molecule has 14 aromatic carbocycles. The van der Waals surface area contributed by atoms with Crippen LogP contribution < -0.4 is 21.3 Å². The second-order valence-corrected chi connectivity index (χ2v) is 27.4. The highest BCUT2D eigenvalue weighted by Crippen LogP contribution is 2.41. The van der Waals surface area contributed by atoms with Crippen molar-refractivity contribution < 1.29 is 0 Å². The Labute approximate surface area is 569 Å². The first-order valence-corrected chi connectivity index (χ1v) is 35.1. The molecule has 0 aliphatic rings. The molecule has 0 unspecified atom stereocenters. The average molecular weight is 1290 g/mol. The lowest BCUT2D eigenvalue weighted by molar-refractivity contribution is 1.56. The highest BCUT2D eigenvalue weighted by atomic mass is 32.1. The van der Waals surface area contributed by atoms with E-state index in [1.807, 2.05) is 82.6 Å². The minimum absolute atomic E-state index is 1.10. The lowest BCUT2D eigenvalue weighted by Gasteiger charge is -2.09. The van der Waals surface area contributed by atoms with E-state index < -0.39 is 0 Å². The van der Waals surface area contributed by atoms with E-state index in [0.29, 0.717) is 0 Å². The molecule has 0 atom stereocenters. The van der Waals surface area contributed by atoms with E-state index in [4.69, 9.17) is 0 Å². The van der Waals surface area contributed by atoms with Crippen LogP contribution >= 0.6 is 45.3 Å². The van der Waals surface area contributed by atoms with E-state index in [1.165, 1.54) is 109 Å². The number of benzene rings is 14. The first kappa shape index (κ1) is 60.2. The average Bonchev–Trinajstić information content (AvgIpc) is 1.68. The maximum atomic E-state index is 3.60. The van der Waals surface area contributed by atoms with E-state index in [1.54, 1.807) is 0 Å². The van der Waals surface area contributed by atoms with Crippen LogP contribution in [0.4, 0.5) is 45.5 Å². The van der Waals surface area contributed by atoms with Crippen LogP contribution in [0.3, 0.4) is 0 Å². The number of thiophene rings is 4. The predicted molar refractivity (Wildman–Crippen MR) is 422 cm³/mol. The van der Waals surface area contributed by atoms with Gasteiger partial charge in [-0.3, -0.25) is 0 Å². The van der Waals surface area contributed by atoms with Gasteiger partial charge in [0.1, 0.15) is 0 Å². The summed E-state index contributed by atoms with van der Waals surface area (Å²) in [5.41, 5.74) is 15.1. The lowest BCUT2D eigenvalue weighted by Crippen LogP contribution is -1.90. The smallest absolute Gasteiger partial charge is 0.0590 e. The van der Waals surface area contributed by atoms with E-state index in [-0.39, 0.29) is 0 Å². The van der Waals surface area contributed by atoms with Crippen molar-refractivity contribution in [1.82, 2.24) is 0 Å². The molecule has 0 aliphatic heterocycles. The van der Waals surface area contributed by atoms with E-state index in [0.717, 1.165) is 45.5 Å². The summed E-state index contributed by atoms with van der Waals surface area (Å²) in [6.07, 6.45) is 4.16. The maximum absolute atomic E-state index is 3.60. The number of hydrogen-bond acceptors (Lipinski definition) is 8. The molecular weight excluding hydrogens is 1230 g/mol. The van der Waals surface area contributed by atoms with Gasteiger partial charge in [-0.1, -0.05) is 212 Å². The monoisotopic (exact) mass is 1290 g/mol. The molecule has 0 radical (unpaired) electrons. The Morgan fingerprint density at radius 1 is 0.221 bits per heavy atom. The normalized spacial score (nSPS) is 11.2. The minimum atomic E-state index is 1.10. The summed E-state index contributed by atoms with van der Waals surface area (Å²) in [5, 5.41) is 24.7. The molecular formula is C87H64N4S4. The van der Waals surface area contributed by atoms with Crippen molar-refractivity contribution in [3.63, 3.8) is 0 Å². The van der Waals surface area contributed by atoms with Crippen molar-refractivity contribution in [2.24, 2.45) is 0 Å². The zero-order valence-electron chi connectivity index (χ0n) is 52.0. The molecule has 0 fully saturated rings. The van der Waals surface area contributed by atoms with Crippen molar-refractivity contribution in [2.45, 2.75) is 6.92 Å². The molecule has 95 heavy (non-hydrogen) atoms. The number of rotatable bonds is 11. The molecule has 0 saturated heterocycles. The van der Waals surface area contributed by atoms with Crippen LogP contribution in [0.5, 0.6) is 0 Å². The third kappa shape index (κ3) is 13.7. The Kier molecular flexibility index (Phi) is 17.7. The van der Waals surface area contributed by atoms with Crippen molar-refractivity contribution in [3.05, 3.63) is 345 Å². The topological polar surface area (TPSA) is 48.1 Å². The summed E-state index contributed by atoms with van der Waals surface area (Å²) in [7, 11) is 0. The van der Waals surface area contributed by atoms with Gasteiger partial charge in [-0.15, -0.1) is 45.3 Å². The molecule has 18 aromatic rings. The minimum Gasteiger partial charge on any atom is -0.356 e. The number of nitrogens with one attached hydrogen (secondary N) is 4. The zero-order valence-corrected chi connectivity index (χ0v) is 55.3. The largest absolute Gasteiger partial charge is 0.356 e. The van der Waals surface area contributed by atoms with Crippen LogP contribution in [0.2, 0.25) is 0 Å². The second-order valence-electron chi connectivity index (χ2n) is 23.1. The van der Waals surface area contributed by atoms with Gasteiger partial charge in [0.25, 0.3) is 0 Å². The van der Waals surface area contributed by atoms with Gasteiger partial charge in [0, 0.05) is 116 Å². The number of allylic oxidation sites excluding steroid dienone is 1. The fraction of sp³-hybridized carbons (Fsp3) is 0.0115. The number of hydrogen-bond donors (Lipinski definition) is 4. The third-order valence-corrected chi connectivity index (χ3v) is 21.4. The van der Waals surface area contributed by atoms with Crippen LogP contribution in [-0.2, 0) is 0 Å². The quantitative estimate of drug-likeness (QED) is 0.104. The summed E-state index contributed by atoms with van der Waals surface area (Å²) in [6.45, 7) is 2.03. The van der Waals surface area contributed by atoms with Crippen molar-refractivity contribution >= 4 is 178 Å². The molecule has 4 heterocycles. The Hall–Kier alpha value is -11.1. The van der Waals surface area contributed by atoms with Crippen molar-refractivity contribution in [2.75, 3.05) is 21.3 Å². The Morgan fingerprint density at radius 3 is 0.947 bits per heavy atom. The molecule has 8 heteroatoms. The molecule has 0 spiro atoms. The Balaban J connectivity index is 0.000000105. The number of anilines is 8. The summed E-state index contributed by atoms with van der Waals surface area (Å²) < 4.78 is 10.7. The third-order valence-electron chi connectivity index (χ3n) is 16.7. The summed E-state index contributed by atoms with van der Waals surface area (Å²) >= 11 is 7.39. The van der Waals surface area contributed by atoms with Gasteiger partial charge in [-0.05, 0) is 168 Å². The molecule has 4 nitrogen and oxygen atoms in total. The first-order valence-electron chi connectivity index (χ1n) is 31.8. The SMILES string of the molecule is C/C=C/c1ccc(Nc2ccc3sc4ccccc4c3c2)cc1.c1ccc(-c2ccc(Nc3ccc4sc5ccccc5c4c3)cc2)cc1.c1ccc(-c2ccc(Nc3cccc4c3sc3ccccc34)cc2)cc1.c1ccc(Nc2ccc3sc4ccccc4c3c2)cc1. The van der Waals surface area contributed by atoms with E-state index in [2.05, 4.69) is 337 Å². The van der Waals surface area contributed by atoms with Gasteiger partial charge in [0.2, 0.25) is 0 Å². The summed E-state index contributed by atoms with van der Waals surface area (Å²) in [6, 6.07) is 118. The van der Waals surface area contributed by atoms with Crippen LogP contribution in [0.15, 0.2) is 340 Å². The van der Waals surface area contributed by atoms with Gasteiger partial charge in [0.05, 0.1) is 10.4 Å². The molecule has 456 valence electrons. The van der Waals surface area contributed by atoms with Crippen molar-refractivity contribution in [3.8, 4) is 22.3 Å². The molecule has 0 bridgehead atoms. The number of fused-ring (bicyclic) bond motifs is 12. The van der Waals surface area contributed by atoms with Gasteiger partial charge < -0.3 is 21.3 Å². The summed E-state index contributed by atoms with van der Waals surface area (Å²) in [5.74, 6) is 0. The van der Waals surface area contributed by atoms with Crippen LogP contribution in [0.1, 0.15) is 12.5 Å². The second kappa shape index (κ2) is 28.0. The molecule has 0 aliphatic carbocycles. The number of para-hydroxylation sites is 1. The fourth-order valence-corrected chi connectivity index (χ4v) is 16.5. The fourth-order valence-electron chi connectivity index (χ4n) is 12.1. The van der Waals surface area contributed by atoms with Gasteiger partial charge in [-0.2, -0.15) is 0 Å². The molecule has 4 N–H and O–H groups in total. The zero-order chi connectivity index (χ0) is 63.7. The lowest BCUT2D eigenvalue weighted by atomic mass is 10.1. The van der Waals surface area contributed by atoms with Crippen molar-refractivity contribution in [1.29, 1.82) is 0 Å². The summed E-state index contributed by atoms with van der Waals surface area (Å²) in [4.78, 5) is 0. The molecule has 0 saturated carbocycles. The van der Waals surface area contributed by atoms with Gasteiger partial charge in [0.15, 0.2) is 0 Å². The van der Waals surface area contributed by atoms with Crippen LogP contribution in [-0.4, -0.2) is 0 Å². The molecule has 18 rings (SSSR count). The van der Waals surface area contributed by atoms with Crippen LogP contribution in [0.25, 0.3) is 109 Å². The van der Waals surface area contributed by atoms with Gasteiger partial charge >= 0.3 is 0 Å². The highest BCUT2D eigenvalue weighted by Gasteiger charge is 2.12. The maximum Gasteiger partial charge on any atom is 0.0590 e. The predicted octanol–water partition coefficient (Wildman–Crippen LogP) is 27.6. The standard InChI is InChI=1S/2C24H17NS.C21H17NS.C18H13NS/c1-2-7-17(8-3-1)18-13-15-19(16-14-18)25-22-11-6-10-21-20-9-4-5-12-23(20)26-24(21)22;1-2-6-17(7-3-1)18-10-12-19(13-11-18)25-20-14-15-24-22(16-20)21-8-4-5-9-23(21)26-24;1-2-5-15-8-10-16(11-9-15)22-17-12-13-21-19(14-17)18-6-3-4-7-20(18)23-21;1-2-6-13(7-3-1)19-14-10-11-18-16(12-14)15-8-4-5-9-17(15)20-18/h2*1-16,25H;2-14,22H,1H3;1-12,19H/b;;5-2+;. The first-order chi connectivity index (χ1) is 47.0. The van der Waals surface area contributed by atoms with Gasteiger partial charge in [-0.25, -0.2) is 0 Å². The van der Waals surface area contributed by atoms with E-state index >= 15 is 0 Å².